The van der Waals surface area contributed by atoms with Gasteiger partial charge < -0.3 is 14.5 Å². The molecule has 0 aliphatic rings. The van der Waals surface area contributed by atoms with Gasteiger partial charge in [0.25, 0.3) is 0 Å². The third kappa shape index (κ3) is 3.31. The molecule has 0 amide bonds. The third-order valence-corrected chi connectivity index (χ3v) is 8.68. The molecule has 2 aromatic carbocycles. The topological polar surface area (TPSA) is 49.7 Å². The van der Waals surface area contributed by atoms with E-state index in [1.807, 2.05) is 30.3 Å². The Morgan fingerprint density at radius 2 is 1.67 bits per heavy atom. The molecule has 2 N–H and O–H groups in total. The molecule has 0 bridgehead atoms. The van der Waals surface area contributed by atoms with Crippen molar-refractivity contribution in [2.75, 3.05) is 0 Å². The molecular weight excluding hydrogens is 279 g/mol. The lowest BCUT2D eigenvalue weighted by molar-refractivity contribution is 0.425. The van der Waals surface area contributed by atoms with Gasteiger partial charge in [-0.2, -0.15) is 0 Å². The van der Waals surface area contributed by atoms with Crippen molar-refractivity contribution in [2.45, 2.75) is 38.9 Å². The van der Waals surface area contributed by atoms with Crippen LogP contribution in [0.5, 0.6) is 5.75 Å². The molecule has 2 rings (SSSR count). The Balaban J connectivity index is 2.51. The van der Waals surface area contributed by atoms with E-state index in [1.54, 1.807) is 6.07 Å². The molecule has 5 heteroatoms. The molecule has 0 aromatic heterocycles. The van der Waals surface area contributed by atoms with Gasteiger partial charge in [0.15, 0.2) is 0 Å². The molecule has 0 unspecified atom stereocenters. The minimum absolute atomic E-state index is 0.0939. The summed E-state index contributed by atoms with van der Waals surface area (Å²) in [5.74, 6) is 0.711. The van der Waals surface area contributed by atoms with Gasteiger partial charge >= 0.3 is 7.12 Å². The van der Waals surface area contributed by atoms with Crippen LogP contribution in [0.25, 0.3) is 10.8 Å². The molecule has 0 atom stereocenters. The zero-order chi connectivity index (χ0) is 15.8. The van der Waals surface area contributed by atoms with Gasteiger partial charge in [0, 0.05) is 0 Å². The van der Waals surface area contributed by atoms with Crippen LogP contribution in [-0.4, -0.2) is 25.5 Å². The van der Waals surface area contributed by atoms with Crippen LogP contribution in [0, 0.1) is 0 Å². The van der Waals surface area contributed by atoms with E-state index in [0.717, 1.165) is 10.8 Å². The van der Waals surface area contributed by atoms with E-state index in [-0.39, 0.29) is 5.04 Å². The summed E-state index contributed by atoms with van der Waals surface area (Å²) in [6, 6.07) is 11.4. The van der Waals surface area contributed by atoms with Crippen LogP contribution < -0.4 is 9.89 Å². The first-order valence-electron chi connectivity index (χ1n) is 7.20. The molecule has 2 aromatic rings. The maximum atomic E-state index is 9.62. The Kier molecular flexibility index (Phi) is 4.20. The zero-order valence-electron chi connectivity index (χ0n) is 13.3. The van der Waals surface area contributed by atoms with E-state index in [4.69, 9.17) is 4.43 Å². The monoisotopic (exact) mass is 302 g/mol. The second-order valence-corrected chi connectivity index (χ2v) is 11.7. The predicted octanol–water partition coefficient (Wildman–Crippen LogP) is 2.90. The fourth-order valence-electron chi connectivity index (χ4n) is 2.03. The van der Waals surface area contributed by atoms with Crippen LogP contribution in [-0.2, 0) is 0 Å². The Bertz CT molecular complexity index is 648. The van der Waals surface area contributed by atoms with Crippen molar-refractivity contribution in [3.8, 4) is 5.75 Å². The van der Waals surface area contributed by atoms with E-state index in [2.05, 4.69) is 33.9 Å². The van der Waals surface area contributed by atoms with E-state index in [9.17, 15) is 10.0 Å². The van der Waals surface area contributed by atoms with Crippen molar-refractivity contribution in [2.24, 2.45) is 0 Å². The minimum Gasteiger partial charge on any atom is -0.543 e. The van der Waals surface area contributed by atoms with E-state index >= 15 is 0 Å². The van der Waals surface area contributed by atoms with Crippen molar-refractivity contribution in [1.29, 1.82) is 0 Å². The highest BCUT2D eigenvalue weighted by Crippen LogP contribution is 2.37. The number of hydrogen-bond donors (Lipinski definition) is 2. The Morgan fingerprint density at radius 3 is 2.24 bits per heavy atom. The predicted molar refractivity (Wildman–Crippen MR) is 91.6 cm³/mol. The van der Waals surface area contributed by atoms with Crippen LogP contribution in [0.15, 0.2) is 36.4 Å². The Morgan fingerprint density at radius 1 is 1.05 bits per heavy atom. The van der Waals surface area contributed by atoms with E-state index in [0.29, 0.717) is 11.2 Å². The average molecular weight is 302 g/mol. The first kappa shape index (κ1) is 16.1. The maximum absolute atomic E-state index is 9.62. The summed E-state index contributed by atoms with van der Waals surface area (Å²) in [4.78, 5) is 0. The molecule has 0 saturated carbocycles. The molecule has 112 valence electrons. The van der Waals surface area contributed by atoms with Crippen LogP contribution in [0.1, 0.15) is 20.8 Å². The first-order chi connectivity index (χ1) is 9.62. The zero-order valence-corrected chi connectivity index (χ0v) is 14.3. The lowest BCUT2D eigenvalue weighted by Gasteiger charge is -2.36. The molecule has 3 nitrogen and oxygen atoms in total. The molecule has 0 radical (unpaired) electrons. The lowest BCUT2D eigenvalue weighted by Crippen LogP contribution is -2.44. The van der Waals surface area contributed by atoms with Gasteiger partial charge in [-0.1, -0.05) is 45.0 Å². The van der Waals surface area contributed by atoms with Gasteiger partial charge in [-0.25, -0.2) is 0 Å². The molecule has 0 fully saturated rings. The van der Waals surface area contributed by atoms with Crippen molar-refractivity contribution in [1.82, 2.24) is 0 Å². The average Bonchev–Trinajstić information content (AvgIpc) is 2.35. The van der Waals surface area contributed by atoms with Gasteiger partial charge in [0.05, 0.1) is 0 Å². The van der Waals surface area contributed by atoms with Gasteiger partial charge in [0.2, 0.25) is 8.32 Å². The Hall–Kier alpha value is -1.30. The SMILES string of the molecule is CC(C)(C)[Si](C)(C)Oc1cc(B(O)O)c2ccccc2c1. The fraction of sp³-hybridized carbons (Fsp3) is 0.375. The van der Waals surface area contributed by atoms with E-state index in [1.165, 1.54) is 0 Å². The van der Waals surface area contributed by atoms with Crippen molar-refractivity contribution in [3.63, 3.8) is 0 Å². The van der Waals surface area contributed by atoms with Gasteiger partial charge in [0.1, 0.15) is 5.75 Å². The lowest BCUT2D eigenvalue weighted by atomic mass is 9.77. The summed E-state index contributed by atoms with van der Waals surface area (Å²) in [5.41, 5.74) is 0.488. The summed E-state index contributed by atoms with van der Waals surface area (Å²) >= 11 is 0. The fourth-order valence-corrected chi connectivity index (χ4v) is 3.05. The van der Waals surface area contributed by atoms with Crippen molar-refractivity contribution < 1.29 is 14.5 Å². The standard InChI is InChI=1S/C16H23BO3Si/c1-16(2,3)21(4,5)20-13-10-12-8-6-7-9-14(12)15(11-13)17(18)19/h6-11,18-19H,1-5H3. The van der Waals surface area contributed by atoms with Crippen LogP contribution >= 0.6 is 0 Å². The maximum Gasteiger partial charge on any atom is 0.489 e. The van der Waals surface area contributed by atoms with Crippen LogP contribution in [0.3, 0.4) is 0 Å². The molecule has 0 aliphatic heterocycles. The quantitative estimate of drug-likeness (QED) is 0.857. The number of hydrogen-bond acceptors (Lipinski definition) is 3. The Labute approximate surface area is 127 Å². The van der Waals surface area contributed by atoms with Crippen LogP contribution in [0.4, 0.5) is 0 Å². The van der Waals surface area contributed by atoms with Crippen molar-refractivity contribution >= 4 is 31.7 Å². The van der Waals surface area contributed by atoms with Gasteiger partial charge in [-0.15, -0.1) is 0 Å². The van der Waals surface area contributed by atoms with Gasteiger partial charge in [-0.05, 0) is 46.5 Å². The highest BCUT2D eigenvalue weighted by atomic mass is 28.4. The molecular formula is C16H23BO3Si. The number of benzene rings is 2. The first-order valence-corrected chi connectivity index (χ1v) is 10.1. The summed E-state index contributed by atoms with van der Waals surface area (Å²) in [6.07, 6.45) is 0. The van der Waals surface area contributed by atoms with Crippen molar-refractivity contribution in [3.05, 3.63) is 36.4 Å². The van der Waals surface area contributed by atoms with Gasteiger partial charge in [-0.3, -0.25) is 0 Å². The second-order valence-electron chi connectivity index (χ2n) is 6.97. The smallest absolute Gasteiger partial charge is 0.489 e. The molecule has 0 saturated heterocycles. The molecule has 0 spiro atoms. The highest BCUT2D eigenvalue weighted by molar-refractivity contribution is 6.74. The summed E-state index contributed by atoms with van der Waals surface area (Å²) < 4.78 is 6.28. The summed E-state index contributed by atoms with van der Waals surface area (Å²) in [5, 5.41) is 21.1. The number of fused-ring (bicyclic) bond motifs is 1. The minimum atomic E-state index is -1.95. The summed E-state index contributed by atoms with van der Waals surface area (Å²) in [6.45, 7) is 10.9. The molecule has 0 heterocycles. The molecule has 21 heavy (non-hydrogen) atoms. The highest BCUT2D eigenvalue weighted by Gasteiger charge is 2.39. The number of rotatable bonds is 3. The summed E-state index contributed by atoms with van der Waals surface area (Å²) in [7, 11) is -3.46. The third-order valence-electron chi connectivity index (χ3n) is 4.32. The van der Waals surface area contributed by atoms with Crippen LogP contribution in [0.2, 0.25) is 18.1 Å². The molecule has 0 aliphatic carbocycles. The largest absolute Gasteiger partial charge is 0.543 e. The normalized spacial score (nSPS) is 12.5. The second kappa shape index (κ2) is 5.48. The van der Waals surface area contributed by atoms with E-state index < -0.39 is 15.4 Å².